The summed E-state index contributed by atoms with van der Waals surface area (Å²) >= 11 is 1.31. The summed E-state index contributed by atoms with van der Waals surface area (Å²) < 4.78 is 1.39. The van der Waals surface area contributed by atoms with Crippen LogP contribution < -0.4 is 10.9 Å². The van der Waals surface area contributed by atoms with E-state index >= 15 is 0 Å². The van der Waals surface area contributed by atoms with Crippen molar-refractivity contribution >= 4 is 33.4 Å². The Hall–Kier alpha value is -3.39. The lowest BCUT2D eigenvalue weighted by molar-refractivity contribution is -0.116. The molecular weight excluding hydrogens is 350 g/mol. The highest BCUT2D eigenvalue weighted by molar-refractivity contribution is 7.14. The van der Waals surface area contributed by atoms with Gasteiger partial charge in [-0.1, -0.05) is 18.2 Å². The maximum Gasteiger partial charge on any atom is 0.269 e. The minimum absolute atomic E-state index is 0.111. The van der Waals surface area contributed by atoms with E-state index in [4.69, 9.17) is 0 Å². The van der Waals surface area contributed by atoms with Crippen LogP contribution in [0.1, 0.15) is 0 Å². The Kier molecular flexibility index (Phi) is 4.24. The first-order chi connectivity index (χ1) is 12.7. The highest BCUT2D eigenvalue weighted by atomic mass is 32.1. The number of carbonyl (C=O) groups is 1. The molecule has 0 bridgehead atoms. The molecule has 0 saturated carbocycles. The third kappa shape index (κ3) is 3.22. The first-order valence-electron chi connectivity index (χ1n) is 7.82. The largest absolute Gasteiger partial charge is 0.300 e. The standard InChI is InChI=1S/C18H13N5O2S/c24-16(10-23-15-7-2-1-6-13(15)20-9-17(23)25)22-18-21-14(11-26-18)12-5-3-4-8-19-12/h1-9,11H,10H2,(H,21,22,24). The van der Waals surface area contributed by atoms with Crippen molar-refractivity contribution < 1.29 is 4.79 Å². The van der Waals surface area contributed by atoms with Gasteiger partial charge in [-0.3, -0.25) is 19.1 Å². The Morgan fingerprint density at radius 3 is 2.77 bits per heavy atom. The van der Waals surface area contributed by atoms with Crippen LogP contribution >= 0.6 is 11.3 Å². The van der Waals surface area contributed by atoms with E-state index in [1.165, 1.54) is 22.1 Å². The summed E-state index contributed by atoms with van der Waals surface area (Å²) in [6.45, 7) is -0.111. The van der Waals surface area contributed by atoms with E-state index in [1.54, 1.807) is 24.4 Å². The number of pyridine rings is 1. The highest BCUT2D eigenvalue weighted by Crippen LogP contribution is 2.23. The van der Waals surface area contributed by atoms with Crippen molar-refractivity contribution in [2.24, 2.45) is 0 Å². The monoisotopic (exact) mass is 363 g/mol. The summed E-state index contributed by atoms with van der Waals surface area (Å²) in [6, 6.07) is 12.7. The minimum atomic E-state index is -0.328. The average Bonchev–Trinajstić information content (AvgIpc) is 3.13. The van der Waals surface area contributed by atoms with E-state index in [2.05, 4.69) is 20.3 Å². The van der Waals surface area contributed by atoms with Gasteiger partial charge in [0.1, 0.15) is 12.2 Å². The summed E-state index contributed by atoms with van der Waals surface area (Å²) in [5, 5.41) is 5.02. The van der Waals surface area contributed by atoms with Crippen LogP contribution in [0.5, 0.6) is 0 Å². The third-order valence-electron chi connectivity index (χ3n) is 3.73. The molecular formula is C18H13N5O2S. The van der Waals surface area contributed by atoms with Crippen molar-refractivity contribution in [3.8, 4) is 11.4 Å². The molecule has 0 aliphatic heterocycles. The molecule has 0 radical (unpaired) electrons. The topological polar surface area (TPSA) is 89.8 Å². The van der Waals surface area contributed by atoms with Gasteiger partial charge in [0, 0.05) is 11.6 Å². The van der Waals surface area contributed by atoms with Crippen molar-refractivity contribution in [1.29, 1.82) is 0 Å². The number of benzene rings is 1. The number of hydrogen-bond acceptors (Lipinski definition) is 6. The van der Waals surface area contributed by atoms with Crippen molar-refractivity contribution in [3.05, 3.63) is 70.6 Å². The number of rotatable bonds is 4. The SMILES string of the molecule is O=C(Cn1c(=O)cnc2ccccc21)Nc1nc(-c2ccccn2)cs1. The molecule has 3 aromatic heterocycles. The molecule has 4 aromatic rings. The lowest BCUT2D eigenvalue weighted by Gasteiger charge is -2.08. The number of nitrogens with one attached hydrogen (secondary N) is 1. The fourth-order valence-electron chi connectivity index (χ4n) is 2.54. The Morgan fingerprint density at radius 1 is 1.08 bits per heavy atom. The number of hydrogen-bond donors (Lipinski definition) is 1. The molecule has 26 heavy (non-hydrogen) atoms. The minimum Gasteiger partial charge on any atom is -0.300 e. The van der Waals surface area contributed by atoms with E-state index in [0.29, 0.717) is 21.9 Å². The summed E-state index contributed by atoms with van der Waals surface area (Å²) in [6.07, 6.45) is 2.91. The Morgan fingerprint density at radius 2 is 1.92 bits per heavy atom. The van der Waals surface area contributed by atoms with E-state index in [0.717, 1.165) is 5.69 Å². The van der Waals surface area contributed by atoms with Gasteiger partial charge >= 0.3 is 0 Å². The van der Waals surface area contributed by atoms with Gasteiger partial charge in [-0.2, -0.15) is 0 Å². The van der Waals surface area contributed by atoms with Crippen molar-refractivity contribution in [1.82, 2.24) is 19.5 Å². The summed E-state index contributed by atoms with van der Waals surface area (Å²) in [7, 11) is 0. The number of thiazole rings is 1. The quantitative estimate of drug-likeness (QED) is 0.602. The van der Waals surface area contributed by atoms with Crippen LogP contribution in [0.15, 0.2) is 65.0 Å². The fraction of sp³-hybridized carbons (Fsp3) is 0.0556. The Balaban J connectivity index is 1.55. The molecule has 4 rings (SSSR count). The van der Waals surface area contributed by atoms with Crippen molar-refractivity contribution in [3.63, 3.8) is 0 Å². The number of fused-ring (bicyclic) bond motifs is 1. The van der Waals surface area contributed by atoms with Crippen molar-refractivity contribution in [2.75, 3.05) is 5.32 Å². The molecule has 1 amide bonds. The maximum atomic E-state index is 12.4. The summed E-state index contributed by atoms with van der Waals surface area (Å²) in [5.74, 6) is -0.328. The van der Waals surface area contributed by atoms with Crippen LogP contribution in [0.4, 0.5) is 5.13 Å². The number of amides is 1. The van der Waals surface area contributed by atoms with Gasteiger partial charge in [0.15, 0.2) is 5.13 Å². The van der Waals surface area contributed by atoms with E-state index in [9.17, 15) is 9.59 Å². The molecule has 0 aliphatic rings. The average molecular weight is 363 g/mol. The molecule has 0 fully saturated rings. The molecule has 8 heteroatoms. The number of aromatic nitrogens is 4. The predicted octanol–water partition coefficient (Wildman–Crippen LogP) is 2.55. The predicted molar refractivity (Wildman–Crippen MR) is 100.0 cm³/mol. The summed E-state index contributed by atoms with van der Waals surface area (Å²) in [4.78, 5) is 37.2. The van der Waals surface area contributed by atoms with E-state index < -0.39 is 0 Å². The molecule has 0 aliphatic carbocycles. The first-order valence-corrected chi connectivity index (χ1v) is 8.70. The molecule has 1 N–H and O–H groups in total. The molecule has 0 unspecified atom stereocenters. The van der Waals surface area contributed by atoms with Crippen LogP contribution in [0, 0.1) is 0 Å². The second-order valence-corrected chi connectivity index (χ2v) is 6.33. The van der Waals surface area contributed by atoms with Crippen molar-refractivity contribution in [2.45, 2.75) is 6.54 Å². The van der Waals surface area contributed by atoms with Crippen LogP contribution in [0.25, 0.3) is 22.4 Å². The zero-order valence-corrected chi connectivity index (χ0v) is 14.3. The van der Waals surface area contributed by atoms with Gasteiger partial charge in [-0.05, 0) is 24.3 Å². The van der Waals surface area contributed by atoms with Crippen LogP contribution in [-0.2, 0) is 11.3 Å². The van der Waals surface area contributed by atoms with Gasteiger partial charge < -0.3 is 5.32 Å². The van der Waals surface area contributed by atoms with Crippen LogP contribution in [-0.4, -0.2) is 25.4 Å². The van der Waals surface area contributed by atoms with Crippen LogP contribution in [0.2, 0.25) is 0 Å². The van der Waals surface area contributed by atoms with Gasteiger partial charge in [0.2, 0.25) is 5.91 Å². The molecule has 0 saturated heterocycles. The van der Waals surface area contributed by atoms with E-state index in [1.807, 2.05) is 29.6 Å². The smallest absolute Gasteiger partial charge is 0.269 e. The molecule has 0 spiro atoms. The second-order valence-electron chi connectivity index (χ2n) is 5.47. The Bertz CT molecular complexity index is 1140. The van der Waals surface area contributed by atoms with E-state index in [-0.39, 0.29) is 18.0 Å². The van der Waals surface area contributed by atoms with Gasteiger partial charge in [-0.25, -0.2) is 9.97 Å². The lowest BCUT2D eigenvalue weighted by Crippen LogP contribution is -2.27. The number of para-hydroxylation sites is 2. The summed E-state index contributed by atoms with van der Waals surface area (Å²) in [5.41, 5.74) is 2.38. The molecule has 0 atom stereocenters. The first kappa shape index (κ1) is 16.1. The molecule has 128 valence electrons. The fourth-order valence-corrected chi connectivity index (χ4v) is 3.26. The van der Waals surface area contributed by atoms with Gasteiger partial charge in [0.05, 0.1) is 22.9 Å². The second kappa shape index (κ2) is 6.85. The lowest BCUT2D eigenvalue weighted by atomic mass is 10.3. The molecule has 1 aromatic carbocycles. The molecule has 7 nitrogen and oxygen atoms in total. The molecule has 3 heterocycles. The Labute approximate surface area is 152 Å². The normalized spacial score (nSPS) is 10.8. The maximum absolute atomic E-state index is 12.4. The van der Waals surface area contributed by atoms with Gasteiger partial charge in [-0.15, -0.1) is 11.3 Å². The van der Waals surface area contributed by atoms with Gasteiger partial charge in [0.25, 0.3) is 5.56 Å². The van der Waals surface area contributed by atoms with Crippen LogP contribution in [0.3, 0.4) is 0 Å². The number of carbonyl (C=O) groups excluding carboxylic acids is 1. The number of nitrogens with zero attached hydrogens (tertiary/aromatic N) is 4. The highest BCUT2D eigenvalue weighted by Gasteiger charge is 2.12. The third-order valence-corrected chi connectivity index (χ3v) is 4.49. The number of anilines is 1. The zero-order valence-electron chi connectivity index (χ0n) is 13.5. The zero-order chi connectivity index (χ0) is 17.9.